The van der Waals surface area contributed by atoms with Crippen molar-refractivity contribution in [3.63, 3.8) is 0 Å². The fourth-order valence-corrected chi connectivity index (χ4v) is 1.41. The summed E-state index contributed by atoms with van der Waals surface area (Å²) in [6.07, 6.45) is 1.66. The number of fused-ring (bicyclic) bond motifs is 1. The lowest BCUT2D eigenvalue weighted by atomic mass is 10.1. The van der Waals surface area contributed by atoms with E-state index in [1.165, 1.54) is 12.1 Å². The molecule has 5 heteroatoms. The quantitative estimate of drug-likeness (QED) is 0.581. The second-order valence-corrected chi connectivity index (χ2v) is 3.18. The molecule has 0 aliphatic rings. The molecule has 0 amide bonds. The molecule has 0 radical (unpaired) electrons. The van der Waals surface area contributed by atoms with Crippen molar-refractivity contribution >= 4 is 22.7 Å². The van der Waals surface area contributed by atoms with Crippen LogP contribution in [0, 0.1) is 0 Å². The summed E-state index contributed by atoms with van der Waals surface area (Å²) in [5.41, 5.74) is 0.903. The fraction of sp³-hybridized carbons (Fsp3) is 0.100. The first-order valence-corrected chi connectivity index (χ1v) is 4.29. The van der Waals surface area contributed by atoms with Crippen molar-refractivity contribution in [2.24, 2.45) is 7.05 Å². The summed E-state index contributed by atoms with van der Waals surface area (Å²) in [5.74, 6) is -2.35. The monoisotopic (exact) mass is 204 g/mol. The number of benzene rings is 1. The van der Waals surface area contributed by atoms with E-state index in [-0.39, 0.29) is 5.56 Å². The van der Waals surface area contributed by atoms with Gasteiger partial charge in [-0.1, -0.05) is 6.07 Å². The average Bonchev–Trinajstić information content (AvgIpc) is 2.59. The van der Waals surface area contributed by atoms with E-state index in [4.69, 9.17) is 5.11 Å². The van der Waals surface area contributed by atoms with Gasteiger partial charge in [0.05, 0.1) is 11.7 Å². The second kappa shape index (κ2) is 3.20. The molecule has 2 rings (SSSR count). The van der Waals surface area contributed by atoms with Crippen LogP contribution < -0.4 is 0 Å². The van der Waals surface area contributed by atoms with Crippen LogP contribution in [0.4, 0.5) is 0 Å². The molecule has 1 aromatic heterocycles. The number of aryl methyl sites for hydroxylation is 1. The Morgan fingerprint density at radius 3 is 2.80 bits per heavy atom. The molecule has 0 aliphatic carbocycles. The van der Waals surface area contributed by atoms with E-state index in [1.807, 2.05) is 0 Å². The standard InChI is InChI=1S/C10H8N2O3/c1-12-8-4-6(9(13)10(14)15)2-3-7(8)5-11-12/h2-5H,1H3,(H,14,15). The van der Waals surface area contributed by atoms with Crippen molar-refractivity contribution in [2.45, 2.75) is 0 Å². The van der Waals surface area contributed by atoms with Crippen LogP contribution in [-0.2, 0) is 11.8 Å². The summed E-state index contributed by atoms with van der Waals surface area (Å²) < 4.78 is 1.59. The third-order valence-electron chi connectivity index (χ3n) is 2.21. The summed E-state index contributed by atoms with van der Waals surface area (Å²) in [4.78, 5) is 21.7. The van der Waals surface area contributed by atoms with Crippen LogP contribution in [0.25, 0.3) is 10.9 Å². The Balaban J connectivity index is 2.59. The molecule has 2 aromatic rings. The molecule has 0 fully saturated rings. The molecular formula is C10H8N2O3. The van der Waals surface area contributed by atoms with Gasteiger partial charge in [-0.05, 0) is 12.1 Å². The fourth-order valence-electron chi connectivity index (χ4n) is 1.41. The number of carbonyl (C=O) groups excluding carboxylic acids is 1. The molecule has 15 heavy (non-hydrogen) atoms. The Hall–Kier alpha value is -2.17. The first kappa shape index (κ1) is 9.39. The number of hydrogen-bond donors (Lipinski definition) is 1. The highest BCUT2D eigenvalue weighted by atomic mass is 16.4. The van der Waals surface area contributed by atoms with E-state index < -0.39 is 11.8 Å². The SMILES string of the molecule is Cn1ncc2ccc(C(=O)C(=O)O)cc21. The third kappa shape index (κ3) is 1.48. The number of carboxylic acids is 1. The summed E-state index contributed by atoms with van der Waals surface area (Å²) >= 11 is 0. The van der Waals surface area contributed by atoms with Crippen molar-refractivity contribution in [3.8, 4) is 0 Å². The molecular weight excluding hydrogens is 196 g/mol. The van der Waals surface area contributed by atoms with Crippen molar-refractivity contribution < 1.29 is 14.7 Å². The number of hydrogen-bond acceptors (Lipinski definition) is 3. The zero-order valence-electron chi connectivity index (χ0n) is 7.97. The number of aliphatic carboxylic acids is 1. The van der Waals surface area contributed by atoms with E-state index >= 15 is 0 Å². The van der Waals surface area contributed by atoms with E-state index in [1.54, 1.807) is 24.0 Å². The highest BCUT2D eigenvalue weighted by molar-refractivity contribution is 6.40. The van der Waals surface area contributed by atoms with Crippen molar-refractivity contribution in [2.75, 3.05) is 0 Å². The minimum absolute atomic E-state index is 0.165. The molecule has 0 spiro atoms. The molecule has 0 unspecified atom stereocenters. The number of aromatic nitrogens is 2. The summed E-state index contributed by atoms with van der Waals surface area (Å²) in [5, 5.41) is 13.4. The smallest absolute Gasteiger partial charge is 0.377 e. The topological polar surface area (TPSA) is 72.2 Å². The molecule has 1 heterocycles. The average molecular weight is 204 g/mol. The lowest BCUT2D eigenvalue weighted by Gasteiger charge is -1.97. The zero-order chi connectivity index (χ0) is 11.0. The van der Waals surface area contributed by atoms with Gasteiger partial charge in [0, 0.05) is 18.0 Å². The molecule has 0 bridgehead atoms. The molecule has 1 N–H and O–H groups in total. The van der Waals surface area contributed by atoms with Gasteiger partial charge in [-0.25, -0.2) is 4.79 Å². The normalized spacial score (nSPS) is 10.5. The minimum Gasteiger partial charge on any atom is -0.475 e. The summed E-state index contributed by atoms with van der Waals surface area (Å²) in [7, 11) is 1.73. The lowest BCUT2D eigenvalue weighted by molar-refractivity contribution is -0.131. The molecule has 76 valence electrons. The number of nitrogens with zero attached hydrogens (tertiary/aromatic N) is 2. The Bertz CT molecular complexity index is 557. The van der Waals surface area contributed by atoms with Crippen LogP contribution in [0.15, 0.2) is 24.4 Å². The van der Waals surface area contributed by atoms with Crippen LogP contribution in [-0.4, -0.2) is 26.6 Å². The van der Waals surface area contributed by atoms with Gasteiger partial charge in [-0.3, -0.25) is 9.48 Å². The molecule has 0 saturated carbocycles. The van der Waals surface area contributed by atoms with E-state index in [9.17, 15) is 9.59 Å². The largest absolute Gasteiger partial charge is 0.475 e. The van der Waals surface area contributed by atoms with Crippen molar-refractivity contribution in [1.29, 1.82) is 0 Å². The summed E-state index contributed by atoms with van der Waals surface area (Å²) in [6, 6.07) is 4.69. The summed E-state index contributed by atoms with van der Waals surface area (Å²) in [6.45, 7) is 0. The highest BCUT2D eigenvalue weighted by Gasteiger charge is 2.15. The molecule has 0 atom stereocenters. The van der Waals surface area contributed by atoms with Crippen LogP contribution in [0.5, 0.6) is 0 Å². The third-order valence-corrected chi connectivity index (χ3v) is 2.21. The van der Waals surface area contributed by atoms with Gasteiger partial charge in [0.25, 0.3) is 5.78 Å². The maximum absolute atomic E-state index is 11.2. The van der Waals surface area contributed by atoms with Crippen molar-refractivity contribution in [3.05, 3.63) is 30.0 Å². The Labute approximate surface area is 84.9 Å². The molecule has 0 aliphatic heterocycles. The van der Waals surface area contributed by atoms with Crippen LogP contribution in [0.3, 0.4) is 0 Å². The lowest BCUT2D eigenvalue weighted by Crippen LogP contribution is -2.12. The molecule has 0 saturated heterocycles. The van der Waals surface area contributed by atoms with Gasteiger partial charge >= 0.3 is 5.97 Å². The first-order chi connectivity index (χ1) is 7.09. The van der Waals surface area contributed by atoms with Crippen molar-refractivity contribution in [1.82, 2.24) is 9.78 Å². The number of carbonyl (C=O) groups is 2. The predicted molar refractivity (Wildman–Crippen MR) is 52.7 cm³/mol. The zero-order valence-corrected chi connectivity index (χ0v) is 7.97. The Morgan fingerprint density at radius 1 is 1.40 bits per heavy atom. The van der Waals surface area contributed by atoms with Crippen LogP contribution in [0.1, 0.15) is 10.4 Å². The van der Waals surface area contributed by atoms with Gasteiger partial charge in [0.1, 0.15) is 0 Å². The minimum atomic E-state index is -1.45. The van der Waals surface area contributed by atoms with E-state index in [0.29, 0.717) is 0 Å². The Kier molecular flexibility index (Phi) is 2.00. The number of Topliss-reactive ketones (excluding diaryl/α,β-unsaturated/α-hetero) is 1. The van der Waals surface area contributed by atoms with Gasteiger partial charge in [-0.2, -0.15) is 5.10 Å². The number of ketones is 1. The predicted octanol–water partition coefficient (Wildman–Crippen LogP) is 0.841. The van der Waals surface area contributed by atoms with E-state index in [0.717, 1.165) is 10.9 Å². The van der Waals surface area contributed by atoms with Gasteiger partial charge in [0.15, 0.2) is 0 Å². The number of carboxylic acid groups (broad SMARTS) is 1. The van der Waals surface area contributed by atoms with Gasteiger partial charge in [0.2, 0.25) is 0 Å². The second-order valence-electron chi connectivity index (χ2n) is 3.18. The van der Waals surface area contributed by atoms with E-state index in [2.05, 4.69) is 5.10 Å². The number of rotatable bonds is 2. The van der Waals surface area contributed by atoms with Crippen LogP contribution in [0.2, 0.25) is 0 Å². The maximum Gasteiger partial charge on any atom is 0.377 e. The van der Waals surface area contributed by atoms with Gasteiger partial charge < -0.3 is 5.11 Å². The van der Waals surface area contributed by atoms with Crippen LogP contribution >= 0.6 is 0 Å². The molecule has 5 nitrogen and oxygen atoms in total. The first-order valence-electron chi connectivity index (χ1n) is 4.29. The van der Waals surface area contributed by atoms with Gasteiger partial charge in [-0.15, -0.1) is 0 Å². The molecule has 1 aromatic carbocycles. The maximum atomic E-state index is 11.2. The Morgan fingerprint density at radius 2 is 2.13 bits per heavy atom. The highest BCUT2D eigenvalue weighted by Crippen LogP contribution is 2.15.